The molecule has 0 amide bonds. The number of pyridine rings is 1. The second-order valence-electron chi connectivity index (χ2n) is 6.47. The highest BCUT2D eigenvalue weighted by molar-refractivity contribution is 6.00. The van der Waals surface area contributed by atoms with Crippen molar-refractivity contribution in [3.05, 3.63) is 41.6 Å². The van der Waals surface area contributed by atoms with Crippen molar-refractivity contribution >= 4 is 28.0 Å². The number of nitrogen functional groups attached to an aromatic ring is 1. The highest BCUT2D eigenvalue weighted by Crippen LogP contribution is 2.42. The van der Waals surface area contributed by atoms with Crippen LogP contribution in [-0.4, -0.2) is 18.4 Å². The molecular weight excluding hydrogens is 330 g/mol. The molecule has 1 aliphatic heterocycles. The maximum Gasteiger partial charge on any atom is 0.238 e. The number of benzene rings is 2. The third-order valence-electron chi connectivity index (χ3n) is 4.55. The molecule has 0 spiro atoms. The fraction of sp³-hybridized carbons (Fsp3) is 0.250. The molecule has 0 fully saturated rings. The minimum absolute atomic E-state index is 0.306. The normalized spacial score (nSPS) is 15.3. The van der Waals surface area contributed by atoms with Crippen LogP contribution in [0.15, 0.2) is 30.5 Å². The predicted octanol–water partition coefficient (Wildman–Crippen LogP) is 4.30. The Morgan fingerprint density at radius 1 is 1.08 bits per heavy atom. The third kappa shape index (κ3) is 2.63. The van der Waals surface area contributed by atoms with Crippen LogP contribution in [0.1, 0.15) is 18.1 Å². The Kier molecular flexibility index (Phi) is 3.76. The van der Waals surface area contributed by atoms with Gasteiger partial charge in [-0.2, -0.15) is 0 Å². The monoisotopic (exact) mass is 351 g/mol. The average Bonchev–Trinajstić information content (AvgIpc) is 2.96. The molecule has 1 aromatic heterocycles. The molecule has 0 aliphatic carbocycles. The molecule has 2 aromatic carbocycles. The zero-order chi connectivity index (χ0) is 18.4. The highest BCUT2D eigenvalue weighted by atomic mass is 16.7. The lowest BCUT2D eigenvalue weighted by molar-refractivity contribution is 0.0679. The highest BCUT2D eigenvalue weighted by Gasteiger charge is 2.22. The molecule has 1 atom stereocenters. The van der Waals surface area contributed by atoms with Crippen LogP contribution in [-0.2, 0) is 0 Å². The summed E-state index contributed by atoms with van der Waals surface area (Å²) in [5, 5.41) is 4.32. The third-order valence-corrected chi connectivity index (χ3v) is 4.55. The Morgan fingerprint density at radius 2 is 1.81 bits per heavy atom. The van der Waals surface area contributed by atoms with E-state index in [9.17, 15) is 0 Å². The van der Waals surface area contributed by atoms with E-state index in [1.54, 1.807) is 13.3 Å². The van der Waals surface area contributed by atoms with Crippen molar-refractivity contribution < 1.29 is 14.2 Å². The van der Waals surface area contributed by atoms with Gasteiger partial charge in [0.2, 0.25) is 6.29 Å². The first kappa shape index (κ1) is 16.3. The van der Waals surface area contributed by atoms with Gasteiger partial charge in [-0.15, -0.1) is 0 Å². The maximum atomic E-state index is 6.23. The lowest BCUT2D eigenvalue weighted by Crippen LogP contribution is -2.11. The van der Waals surface area contributed by atoms with Crippen molar-refractivity contribution in [2.45, 2.75) is 27.1 Å². The van der Waals surface area contributed by atoms with Gasteiger partial charge in [-0.1, -0.05) is 6.07 Å². The molecule has 134 valence electrons. The van der Waals surface area contributed by atoms with Crippen molar-refractivity contribution in [1.29, 1.82) is 0 Å². The predicted molar refractivity (Wildman–Crippen MR) is 103 cm³/mol. The van der Waals surface area contributed by atoms with Gasteiger partial charge in [0.05, 0.1) is 30.2 Å². The van der Waals surface area contributed by atoms with Crippen LogP contribution in [0.2, 0.25) is 0 Å². The molecule has 1 unspecified atom stereocenters. The summed E-state index contributed by atoms with van der Waals surface area (Å²) in [5.74, 6) is 2.21. The van der Waals surface area contributed by atoms with Crippen molar-refractivity contribution in [2.75, 3.05) is 18.2 Å². The molecule has 3 aromatic rings. The number of anilines is 3. The summed E-state index contributed by atoms with van der Waals surface area (Å²) in [6.45, 7) is 5.92. The maximum absolute atomic E-state index is 6.23. The van der Waals surface area contributed by atoms with Gasteiger partial charge in [-0.05, 0) is 31.0 Å². The first-order chi connectivity index (χ1) is 12.5. The molecule has 0 saturated carbocycles. The molecule has 26 heavy (non-hydrogen) atoms. The first-order valence-electron chi connectivity index (χ1n) is 8.44. The summed E-state index contributed by atoms with van der Waals surface area (Å²) in [5.41, 5.74) is 11.5. The molecule has 0 saturated heterocycles. The van der Waals surface area contributed by atoms with Crippen molar-refractivity contribution in [2.24, 2.45) is 0 Å². The zero-order valence-corrected chi connectivity index (χ0v) is 15.2. The second-order valence-corrected chi connectivity index (χ2v) is 6.47. The molecule has 3 N–H and O–H groups in total. The topological polar surface area (TPSA) is 78.6 Å². The molecule has 4 rings (SSSR count). The molecule has 1 aliphatic rings. The van der Waals surface area contributed by atoms with Crippen molar-refractivity contribution in [3.63, 3.8) is 0 Å². The second kappa shape index (κ2) is 5.98. The van der Waals surface area contributed by atoms with Crippen LogP contribution in [0.25, 0.3) is 10.9 Å². The number of nitrogens with two attached hydrogens (primary N) is 1. The molecule has 2 heterocycles. The number of ether oxygens (including phenoxy) is 3. The van der Waals surface area contributed by atoms with E-state index >= 15 is 0 Å². The van der Waals surface area contributed by atoms with Gasteiger partial charge >= 0.3 is 0 Å². The van der Waals surface area contributed by atoms with Gasteiger partial charge in [0, 0.05) is 30.1 Å². The lowest BCUT2D eigenvalue weighted by atomic mass is 10.1. The Balaban J connectivity index is 1.84. The van der Waals surface area contributed by atoms with E-state index in [-0.39, 0.29) is 6.29 Å². The van der Waals surface area contributed by atoms with E-state index in [1.807, 2.05) is 39.0 Å². The van der Waals surface area contributed by atoms with Gasteiger partial charge in [-0.25, -0.2) is 0 Å². The van der Waals surface area contributed by atoms with Gasteiger partial charge in [0.25, 0.3) is 0 Å². The summed E-state index contributed by atoms with van der Waals surface area (Å²) in [6, 6.07) is 7.85. The van der Waals surface area contributed by atoms with Crippen LogP contribution in [0.3, 0.4) is 0 Å². The number of hydrogen-bond acceptors (Lipinski definition) is 6. The quantitative estimate of drug-likeness (QED) is 0.732. The largest absolute Gasteiger partial charge is 0.496 e. The van der Waals surface area contributed by atoms with E-state index in [4.69, 9.17) is 19.9 Å². The van der Waals surface area contributed by atoms with Crippen LogP contribution in [0.4, 0.5) is 17.1 Å². The summed E-state index contributed by atoms with van der Waals surface area (Å²) < 4.78 is 16.8. The summed E-state index contributed by atoms with van der Waals surface area (Å²) >= 11 is 0. The first-order valence-corrected chi connectivity index (χ1v) is 8.44. The molecule has 0 radical (unpaired) electrons. The van der Waals surface area contributed by atoms with Crippen molar-refractivity contribution in [1.82, 2.24) is 4.98 Å². The van der Waals surface area contributed by atoms with Gasteiger partial charge in [0.1, 0.15) is 5.75 Å². The molecular formula is C20H21N3O3. The number of rotatable bonds is 3. The summed E-state index contributed by atoms with van der Waals surface area (Å²) in [4.78, 5) is 4.43. The number of nitrogens with one attached hydrogen (secondary N) is 1. The smallest absolute Gasteiger partial charge is 0.238 e. The number of hydrogen-bond donors (Lipinski definition) is 2. The summed E-state index contributed by atoms with van der Waals surface area (Å²) in [7, 11) is 1.67. The molecule has 0 bridgehead atoms. The summed E-state index contributed by atoms with van der Waals surface area (Å²) in [6.07, 6.45) is 1.34. The minimum atomic E-state index is -0.306. The standard InChI is InChI=1S/C20H21N3O3/c1-10-5-11(2)17(24-4)7-15(10)23-20-13-6-18-19(26-12(3)25-18)8-16(13)22-9-14(20)21/h5-9,12H,21H2,1-4H3,(H,22,23). The van der Waals surface area contributed by atoms with Gasteiger partial charge in [0.15, 0.2) is 11.5 Å². The Bertz CT molecular complexity index is 1020. The fourth-order valence-corrected chi connectivity index (χ4v) is 3.24. The Morgan fingerprint density at radius 3 is 2.54 bits per heavy atom. The number of aromatic nitrogens is 1. The van der Waals surface area contributed by atoms with Crippen LogP contribution < -0.4 is 25.3 Å². The number of fused-ring (bicyclic) bond motifs is 2. The van der Waals surface area contributed by atoms with E-state index in [0.29, 0.717) is 17.2 Å². The lowest BCUT2D eigenvalue weighted by Gasteiger charge is -2.16. The molecule has 6 heteroatoms. The van der Waals surface area contributed by atoms with Gasteiger partial charge < -0.3 is 25.3 Å². The van der Waals surface area contributed by atoms with E-state index in [2.05, 4.69) is 16.4 Å². The van der Waals surface area contributed by atoms with Crippen molar-refractivity contribution in [3.8, 4) is 17.2 Å². The minimum Gasteiger partial charge on any atom is -0.496 e. The Labute approximate surface area is 151 Å². The average molecular weight is 351 g/mol. The zero-order valence-electron chi connectivity index (χ0n) is 15.2. The SMILES string of the molecule is COc1cc(Nc2c(N)cnc3cc4c(cc23)OC(C)O4)c(C)cc1C. The van der Waals surface area contributed by atoms with E-state index in [1.165, 1.54) is 0 Å². The van der Waals surface area contributed by atoms with E-state index < -0.39 is 0 Å². The van der Waals surface area contributed by atoms with Crippen LogP contribution in [0, 0.1) is 13.8 Å². The van der Waals surface area contributed by atoms with Gasteiger partial charge in [-0.3, -0.25) is 4.98 Å². The fourth-order valence-electron chi connectivity index (χ4n) is 3.24. The van der Waals surface area contributed by atoms with E-state index in [0.717, 1.165) is 39.2 Å². The Hall–Kier alpha value is -3.15. The van der Waals surface area contributed by atoms with Crippen LogP contribution in [0.5, 0.6) is 17.2 Å². The molecule has 6 nitrogen and oxygen atoms in total. The number of nitrogens with zero attached hydrogens (tertiary/aromatic N) is 1. The van der Waals surface area contributed by atoms with Crippen LogP contribution >= 0.6 is 0 Å². The number of aryl methyl sites for hydroxylation is 2. The number of methoxy groups -OCH3 is 1.